The first kappa shape index (κ1) is 50.7. The van der Waals surface area contributed by atoms with E-state index >= 15 is 0 Å². The van der Waals surface area contributed by atoms with Crippen molar-refractivity contribution in [3.63, 3.8) is 0 Å². The number of carbonyl (C=O) groups excluding carboxylic acids is 2. The fourth-order valence-electron chi connectivity index (χ4n) is 7.04. The van der Waals surface area contributed by atoms with Crippen LogP contribution in [-0.2, 0) is 19.0 Å². The van der Waals surface area contributed by atoms with E-state index in [4.69, 9.17) is 14.2 Å². The maximum absolute atomic E-state index is 12.7. The summed E-state index contributed by atoms with van der Waals surface area (Å²) in [5, 5.41) is 9.56. The molecule has 0 heterocycles. The van der Waals surface area contributed by atoms with Crippen LogP contribution in [0.15, 0.2) is 0 Å². The molecule has 310 valence electrons. The molecule has 1 N–H and O–H groups in total. The van der Waals surface area contributed by atoms with E-state index in [1.54, 1.807) is 0 Å². The van der Waals surface area contributed by atoms with Gasteiger partial charge in [-0.15, -0.1) is 0 Å². The second kappa shape index (κ2) is 40.8. The van der Waals surface area contributed by atoms with Gasteiger partial charge in [0.2, 0.25) is 0 Å². The van der Waals surface area contributed by atoms with Crippen LogP contribution in [0.5, 0.6) is 0 Å². The molecule has 0 aliphatic rings. The van der Waals surface area contributed by atoms with Crippen LogP contribution < -0.4 is 0 Å². The predicted octanol–water partition coefficient (Wildman–Crippen LogP) is 13.3. The molecule has 0 saturated heterocycles. The van der Waals surface area contributed by atoms with E-state index in [0.29, 0.717) is 13.0 Å². The molecule has 0 amide bonds. The number of nitrogens with zero attached hydrogens (tertiary/aromatic N) is 1. The number of hydrogen-bond donors (Lipinski definition) is 1. The number of hydrogen-bond acceptors (Lipinski definition) is 7. The molecule has 0 aliphatic carbocycles. The van der Waals surface area contributed by atoms with Gasteiger partial charge in [0.05, 0.1) is 13.2 Å². The molecule has 7 nitrogen and oxygen atoms in total. The Labute approximate surface area is 323 Å². The molecule has 0 spiro atoms. The largest absolute Gasteiger partial charge is 0.508 e. The molecular formula is C45H89NO6. The average Bonchev–Trinajstić information content (AvgIpc) is 3.14. The smallest absolute Gasteiger partial charge is 0.462 e. The Balaban J connectivity index is 4.04. The molecule has 0 aromatic heterocycles. The lowest BCUT2D eigenvalue weighted by Gasteiger charge is -2.21. The molecule has 0 fully saturated rings. The van der Waals surface area contributed by atoms with Crippen LogP contribution in [0.4, 0.5) is 4.79 Å². The Kier molecular flexibility index (Phi) is 39.8. The Hall–Kier alpha value is -1.34. The SMILES string of the molecule is CCCCCCCCC(CCCCCCCC)OC(=O)CCCCCCCN(CCO)CCCCCCOC(=O)OC(CC)CCCCCCCC. The van der Waals surface area contributed by atoms with Gasteiger partial charge in [-0.1, -0.05) is 156 Å². The molecule has 0 aliphatic heterocycles. The third-order valence-corrected chi connectivity index (χ3v) is 10.5. The van der Waals surface area contributed by atoms with Crippen molar-refractivity contribution < 1.29 is 28.9 Å². The van der Waals surface area contributed by atoms with Crippen LogP contribution in [0.1, 0.15) is 233 Å². The summed E-state index contributed by atoms with van der Waals surface area (Å²) in [5.41, 5.74) is 0. The summed E-state index contributed by atoms with van der Waals surface area (Å²) in [4.78, 5) is 27.2. The van der Waals surface area contributed by atoms with Crippen molar-refractivity contribution in [2.75, 3.05) is 32.8 Å². The maximum atomic E-state index is 12.7. The van der Waals surface area contributed by atoms with E-state index in [1.165, 1.54) is 109 Å². The number of rotatable bonds is 41. The van der Waals surface area contributed by atoms with Gasteiger partial charge in [-0.25, -0.2) is 4.79 Å². The minimum atomic E-state index is -0.516. The molecule has 0 aromatic carbocycles. The summed E-state index contributed by atoms with van der Waals surface area (Å²) in [6.45, 7) is 12.1. The first-order chi connectivity index (χ1) is 25.5. The van der Waals surface area contributed by atoms with E-state index in [2.05, 4.69) is 32.6 Å². The van der Waals surface area contributed by atoms with Crippen LogP contribution in [0.3, 0.4) is 0 Å². The van der Waals surface area contributed by atoms with Crippen molar-refractivity contribution >= 4 is 12.1 Å². The van der Waals surface area contributed by atoms with Crippen LogP contribution in [0.2, 0.25) is 0 Å². The van der Waals surface area contributed by atoms with Crippen molar-refractivity contribution in [1.29, 1.82) is 0 Å². The highest BCUT2D eigenvalue weighted by Gasteiger charge is 2.15. The number of unbranched alkanes of at least 4 members (excludes halogenated alkanes) is 22. The van der Waals surface area contributed by atoms with Gasteiger partial charge in [0, 0.05) is 13.0 Å². The molecule has 0 saturated carbocycles. The van der Waals surface area contributed by atoms with Gasteiger partial charge in [0.1, 0.15) is 12.2 Å². The highest BCUT2D eigenvalue weighted by molar-refractivity contribution is 5.69. The summed E-state index contributed by atoms with van der Waals surface area (Å²) in [5.74, 6) is 0.00603. The number of aliphatic hydroxyl groups excluding tert-OH is 1. The van der Waals surface area contributed by atoms with E-state index in [0.717, 1.165) is 110 Å². The fourth-order valence-corrected chi connectivity index (χ4v) is 7.04. The van der Waals surface area contributed by atoms with Crippen molar-refractivity contribution in [2.24, 2.45) is 0 Å². The summed E-state index contributed by atoms with van der Waals surface area (Å²) >= 11 is 0. The lowest BCUT2D eigenvalue weighted by molar-refractivity contribution is -0.150. The molecular weight excluding hydrogens is 650 g/mol. The second-order valence-electron chi connectivity index (χ2n) is 15.5. The van der Waals surface area contributed by atoms with Gasteiger partial charge in [-0.2, -0.15) is 0 Å². The zero-order chi connectivity index (χ0) is 38.2. The lowest BCUT2D eigenvalue weighted by atomic mass is 10.0. The van der Waals surface area contributed by atoms with Gasteiger partial charge in [-0.05, 0) is 83.7 Å². The minimum Gasteiger partial charge on any atom is -0.462 e. The maximum Gasteiger partial charge on any atom is 0.508 e. The van der Waals surface area contributed by atoms with E-state index in [1.807, 2.05) is 0 Å². The number of ether oxygens (including phenoxy) is 3. The van der Waals surface area contributed by atoms with E-state index in [-0.39, 0.29) is 24.8 Å². The summed E-state index contributed by atoms with van der Waals surface area (Å²) < 4.78 is 16.9. The molecule has 1 unspecified atom stereocenters. The topological polar surface area (TPSA) is 85.3 Å². The Morgan fingerprint density at radius 3 is 1.38 bits per heavy atom. The lowest BCUT2D eigenvalue weighted by Crippen LogP contribution is -2.29. The Morgan fingerprint density at radius 1 is 0.481 bits per heavy atom. The normalized spacial score (nSPS) is 12.1. The molecule has 0 radical (unpaired) electrons. The molecule has 52 heavy (non-hydrogen) atoms. The highest BCUT2D eigenvalue weighted by Crippen LogP contribution is 2.19. The van der Waals surface area contributed by atoms with Crippen LogP contribution in [0, 0.1) is 0 Å². The number of aliphatic hydroxyl groups is 1. The second-order valence-corrected chi connectivity index (χ2v) is 15.5. The third kappa shape index (κ3) is 35.7. The van der Waals surface area contributed by atoms with Crippen LogP contribution in [0.25, 0.3) is 0 Å². The molecule has 0 rings (SSSR count). The third-order valence-electron chi connectivity index (χ3n) is 10.5. The molecule has 1 atom stereocenters. The van der Waals surface area contributed by atoms with Gasteiger partial charge >= 0.3 is 12.1 Å². The van der Waals surface area contributed by atoms with E-state index in [9.17, 15) is 14.7 Å². The zero-order valence-corrected chi connectivity index (χ0v) is 35.3. The van der Waals surface area contributed by atoms with Crippen molar-refractivity contribution in [1.82, 2.24) is 4.90 Å². The van der Waals surface area contributed by atoms with Gasteiger partial charge in [0.25, 0.3) is 0 Å². The predicted molar refractivity (Wildman–Crippen MR) is 220 cm³/mol. The van der Waals surface area contributed by atoms with Crippen molar-refractivity contribution in [2.45, 2.75) is 245 Å². The Bertz CT molecular complexity index is 733. The molecule has 0 bridgehead atoms. The first-order valence-corrected chi connectivity index (χ1v) is 22.9. The molecule has 0 aromatic rings. The van der Waals surface area contributed by atoms with Gasteiger partial charge < -0.3 is 24.2 Å². The van der Waals surface area contributed by atoms with Crippen LogP contribution in [-0.4, -0.2) is 67.2 Å². The quantitative estimate of drug-likeness (QED) is 0.0493. The monoisotopic (exact) mass is 740 g/mol. The van der Waals surface area contributed by atoms with Crippen LogP contribution >= 0.6 is 0 Å². The van der Waals surface area contributed by atoms with Gasteiger partial charge in [0.15, 0.2) is 0 Å². The minimum absolute atomic E-state index is 0.00603. The summed E-state index contributed by atoms with van der Waals surface area (Å²) in [7, 11) is 0. The standard InChI is InChI=1S/C45H89NO6/c1-5-9-12-15-19-26-33-42(8-4)52-45(49)50-41-32-25-24-31-38-46(39-40-47)37-30-23-18-22-29-36-44(48)51-43(34-27-20-16-13-10-6-2)35-28-21-17-14-11-7-3/h42-43,47H,5-41H2,1-4H3. The first-order valence-electron chi connectivity index (χ1n) is 22.9. The fraction of sp³-hybridized carbons (Fsp3) is 0.956. The van der Waals surface area contributed by atoms with Crippen molar-refractivity contribution in [3.8, 4) is 0 Å². The number of esters is 1. The molecule has 7 heteroatoms. The average molecular weight is 740 g/mol. The Morgan fingerprint density at radius 2 is 0.904 bits per heavy atom. The van der Waals surface area contributed by atoms with E-state index < -0.39 is 6.16 Å². The number of carbonyl (C=O) groups is 2. The van der Waals surface area contributed by atoms with Crippen molar-refractivity contribution in [3.05, 3.63) is 0 Å². The summed E-state index contributed by atoms with van der Waals surface area (Å²) in [6, 6.07) is 0. The summed E-state index contributed by atoms with van der Waals surface area (Å²) in [6.07, 6.45) is 36.2. The van der Waals surface area contributed by atoms with Gasteiger partial charge in [-0.3, -0.25) is 4.79 Å². The zero-order valence-electron chi connectivity index (χ0n) is 35.3. The highest BCUT2D eigenvalue weighted by atomic mass is 16.7.